The lowest BCUT2D eigenvalue weighted by Gasteiger charge is -2.14. The largest absolute Gasteiger partial charge is 0.377 e. The first-order chi connectivity index (χ1) is 7.92. The Bertz CT molecular complexity index is 431. The predicted octanol–water partition coefficient (Wildman–Crippen LogP) is 1.42. The molecule has 0 heterocycles. The standard InChI is InChI=1S/C11H17NO3S2/c1-9(2)16-8-11(13)12-17(14,15)10-6-4-3-5-7-10/h3-7,9,11-13H,8H2,1-2H3. The van der Waals surface area contributed by atoms with Gasteiger partial charge in [-0.2, -0.15) is 16.5 Å². The van der Waals surface area contributed by atoms with Crippen LogP contribution in [0.5, 0.6) is 0 Å². The molecule has 0 bridgehead atoms. The number of aliphatic hydroxyl groups excluding tert-OH is 1. The summed E-state index contributed by atoms with van der Waals surface area (Å²) in [6, 6.07) is 8.01. The fourth-order valence-electron chi connectivity index (χ4n) is 1.16. The molecule has 0 aliphatic heterocycles. The molecule has 1 aromatic carbocycles. The van der Waals surface area contributed by atoms with Crippen LogP contribution >= 0.6 is 11.8 Å². The van der Waals surface area contributed by atoms with Crippen molar-refractivity contribution in [3.8, 4) is 0 Å². The van der Waals surface area contributed by atoms with Gasteiger partial charge in [0.25, 0.3) is 0 Å². The van der Waals surface area contributed by atoms with Crippen molar-refractivity contribution in [2.45, 2.75) is 30.2 Å². The van der Waals surface area contributed by atoms with Crippen molar-refractivity contribution in [3.63, 3.8) is 0 Å². The Labute approximate surface area is 106 Å². The highest BCUT2D eigenvalue weighted by atomic mass is 32.2. The van der Waals surface area contributed by atoms with Crippen molar-refractivity contribution >= 4 is 21.8 Å². The predicted molar refractivity (Wildman–Crippen MR) is 70.4 cm³/mol. The van der Waals surface area contributed by atoms with Gasteiger partial charge in [-0.15, -0.1) is 0 Å². The third-order valence-corrected chi connectivity index (χ3v) is 4.58. The molecule has 0 aromatic heterocycles. The zero-order valence-electron chi connectivity index (χ0n) is 9.83. The molecule has 1 rings (SSSR count). The Kier molecular flexibility index (Phi) is 5.45. The van der Waals surface area contributed by atoms with Crippen LogP contribution < -0.4 is 4.72 Å². The first-order valence-corrected chi connectivity index (χ1v) is 7.82. The van der Waals surface area contributed by atoms with Gasteiger partial charge in [0.2, 0.25) is 10.0 Å². The molecule has 0 saturated heterocycles. The summed E-state index contributed by atoms with van der Waals surface area (Å²) in [5.41, 5.74) is 0. The van der Waals surface area contributed by atoms with Crippen molar-refractivity contribution in [2.75, 3.05) is 5.75 Å². The van der Waals surface area contributed by atoms with E-state index in [0.29, 0.717) is 11.0 Å². The quantitative estimate of drug-likeness (QED) is 0.771. The monoisotopic (exact) mass is 275 g/mol. The maximum atomic E-state index is 11.8. The average molecular weight is 275 g/mol. The number of nitrogens with one attached hydrogen (secondary N) is 1. The van der Waals surface area contributed by atoms with E-state index in [-0.39, 0.29) is 4.90 Å². The topological polar surface area (TPSA) is 66.4 Å². The van der Waals surface area contributed by atoms with E-state index in [0.717, 1.165) is 0 Å². The molecule has 2 N–H and O–H groups in total. The first kappa shape index (κ1) is 14.5. The molecule has 17 heavy (non-hydrogen) atoms. The van der Waals surface area contributed by atoms with Crippen molar-refractivity contribution in [2.24, 2.45) is 0 Å². The van der Waals surface area contributed by atoms with Crippen LogP contribution in [0.3, 0.4) is 0 Å². The van der Waals surface area contributed by atoms with Gasteiger partial charge in [-0.1, -0.05) is 32.0 Å². The van der Waals surface area contributed by atoms with Crippen LogP contribution in [0.2, 0.25) is 0 Å². The number of hydrogen-bond acceptors (Lipinski definition) is 4. The molecule has 0 amide bonds. The minimum atomic E-state index is -3.62. The summed E-state index contributed by atoms with van der Waals surface area (Å²) >= 11 is 1.50. The number of sulfonamides is 1. The van der Waals surface area contributed by atoms with Gasteiger partial charge < -0.3 is 5.11 Å². The van der Waals surface area contributed by atoms with Crippen LogP contribution in [0.4, 0.5) is 0 Å². The summed E-state index contributed by atoms with van der Waals surface area (Å²) < 4.78 is 25.8. The van der Waals surface area contributed by atoms with Gasteiger partial charge in [0.15, 0.2) is 0 Å². The van der Waals surface area contributed by atoms with Crippen LogP contribution in [-0.2, 0) is 10.0 Å². The smallest absolute Gasteiger partial charge is 0.242 e. The summed E-state index contributed by atoms with van der Waals surface area (Å²) in [4.78, 5) is 0.161. The average Bonchev–Trinajstić information content (AvgIpc) is 2.27. The maximum Gasteiger partial charge on any atom is 0.242 e. The maximum absolute atomic E-state index is 11.8. The summed E-state index contributed by atoms with van der Waals surface area (Å²) in [7, 11) is -3.62. The molecule has 4 nitrogen and oxygen atoms in total. The molecule has 1 aromatic rings. The molecule has 96 valence electrons. The molecule has 1 atom stereocenters. The number of benzene rings is 1. The van der Waals surface area contributed by atoms with Crippen molar-refractivity contribution in [1.82, 2.24) is 4.72 Å². The van der Waals surface area contributed by atoms with Gasteiger partial charge in [-0.3, -0.25) is 0 Å². The molecular formula is C11H17NO3S2. The Hall–Kier alpha value is -0.560. The second-order valence-corrected chi connectivity index (χ2v) is 7.16. The number of aliphatic hydroxyl groups is 1. The van der Waals surface area contributed by atoms with Gasteiger partial charge in [0.1, 0.15) is 6.23 Å². The first-order valence-electron chi connectivity index (χ1n) is 5.29. The molecule has 0 spiro atoms. The minimum Gasteiger partial charge on any atom is -0.377 e. The van der Waals surface area contributed by atoms with E-state index in [4.69, 9.17) is 0 Å². The van der Waals surface area contributed by atoms with E-state index in [1.165, 1.54) is 23.9 Å². The van der Waals surface area contributed by atoms with E-state index in [9.17, 15) is 13.5 Å². The van der Waals surface area contributed by atoms with Gasteiger partial charge >= 0.3 is 0 Å². The van der Waals surface area contributed by atoms with Gasteiger partial charge in [0.05, 0.1) is 4.90 Å². The molecule has 0 aliphatic carbocycles. The summed E-state index contributed by atoms with van der Waals surface area (Å²) in [6.07, 6.45) is -1.06. The van der Waals surface area contributed by atoms with Gasteiger partial charge in [-0.05, 0) is 17.4 Å². The summed E-state index contributed by atoms with van der Waals surface area (Å²) in [6.45, 7) is 3.98. The second kappa shape index (κ2) is 6.39. The Morgan fingerprint density at radius 3 is 2.41 bits per heavy atom. The lowest BCUT2D eigenvalue weighted by molar-refractivity contribution is 0.188. The lowest BCUT2D eigenvalue weighted by atomic mass is 10.4. The van der Waals surface area contributed by atoms with Crippen LogP contribution in [0.15, 0.2) is 35.2 Å². The van der Waals surface area contributed by atoms with Crippen molar-refractivity contribution < 1.29 is 13.5 Å². The van der Waals surface area contributed by atoms with E-state index in [1.54, 1.807) is 18.2 Å². The van der Waals surface area contributed by atoms with E-state index in [2.05, 4.69) is 4.72 Å². The lowest BCUT2D eigenvalue weighted by Crippen LogP contribution is -2.36. The van der Waals surface area contributed by atoms with E-state index >= 15 is 0 Å². The van der Waals surface area contributed by atoms with Crippen LogP contribution in [0.1, 0.15) is 13.8 Å². The number of hydrogen-bond donors (Lipinski definition) is 2. The molecule has 0 radical (unpaired) electrons. The normalized spacial score (nSPS) is 13.9. The molecule has 0 aliphatic rings. The summed E-state index contributed by atoms with van der Waals surface area (Å²) in [5.74, 6) is 0.337. The molecular weight excluding hydrogens is 258 g/mol. The third-order valence-electron chi connectivity index (χ3n) is 1.93. The number of thioether (sulfide) groups is 1. The zero-order valence-corrected chi connectivity index (χ0v) is 11.5. The second-order valence-electron chi connectivity index (χ2n) is 3.83. The van der Waals surface area contributed by atoms with Crippen molar-refractivity contribution in [3.05, 3.63) is 30.3 Å². The van der Waals surface area contributed by atoms with Crippen LogP contribution in [0, 0.1) is 0 Å². The fraction of sp³-hybridized carbons (Fsp3) is 0.455. The Morgan fingerprint density at radius 2 is 1.88 bits per heavy atom. The number of rotatable bonds is 6. The Balaban J connectivity index is 2.62. The summed E-state index contributed by atoms with van der Waals surface area (Å²) in [5, 5.41) is 9.94. The van der Waals surface area contributed by atoms with Crippen LogP contribution in [0.25, 0.3) is 0 Å². The van der Waals surface area contributed by atoms with E-state index < -0.39 is 16.3 Å². The molecule has 1 unspecified atom stereocenters. The van der Waals surface area contributed by atoms with Crippen LogP contribution in [-0.4, -0.2) is 30.8 Å². The van der Waals surface area contributed by atoms with E-state index in [1.807, 2.05) is 13.8 Å². The van der Waals surface area contributed by atoms with Gasteiger partial charge in [0, 0.05) is 5.75 Å². The fourth-order valence-corrected chi connectivity index (χ4v) is 3.01. The SMILES string of the molecule is CC(C)SCC(O)NS(=O)(=O)c1ccccc1. The molecule has 0 saturated carbocycles. The zero-order chi connectivity index (χ0) is 12.9. The minimum absolute atomic E-state index is 0.161. The van der Waals surface area contributed by atoms with Gasteiger partial charge in [-0.25, -0.2) is 8.42 Å². The molecule has 0 fully saturated rings. The Morgan fingerprint density at radius 1 is 1.29 bits per heavy atom. The highest BCUT2D eigenvalue weighted by Gasteiger charge is 2.17. The van der Waals surface area contributed by atoms with Crippen molar-refractivity contribution in [1.29, 1.82) is 0 Å². The highest BCUT2D eigenvalue weighted by Crippen LogP contribution is 2.12. The molecule has 6 heteroatoms. The third kappa shape index (κ3) is 5.08. The highest BCUT2D eigenvalue weighted by molar-refractivity contribution is 7.99.